The average Bonchev–Trinajstić information content (AvgIpc) is 2.59. The molecule has 17 heavy (non-hydrogen) atoms. The fourth-order valence-electron chi connectivity index (χ4n) is 1.21. The minimum Gasteiger partial charge on any atom is -0.581 e. The van der Waals surface area contributed by atoms with Crippen LogP contribution < -0.4 is 51.4 Å². The van der Waals surface area contributed by atoms with Crippen molar-refractivity contribution in [3.63, 3.8) is 0 Å². The summed E-state index contributed by atoms with van der Waals surface area (Å²) < 4.78 is 0. The maximum absolute atomic E-state index is 11.1. The predicted molar refractivity (Wildman–Crippen MR) is 64.9 cm³/mol. The topological polar surface area (TPSA) is 48.2 Å². The van der Waals surface area contributed by atoms with E-state index in [1.54, 1.807) is 12.2 Å². The van der Waals surface area contributed by atoms with Gasteiger partial charge >= 0.3 is 51.4 Å². The summed E-state index contributed by atoms with van der Waals surface area (Å²) in [4.78, 5) is 22.3. The number of benzene rings is 1. The largest absolute Gasteiger partial charge is 1.00 e. The first-order valence-corrected chi connectivity index (χ1v) is 5.48. The van der Waals surface area contributed by atoms with Crippen molar-refractivity contribution >= 4 is 29.0 Å². The molecule has 1 fully saturated rings. The first kappa shape index (κ1) is 14.9. The summed E-state index contributed by atoms with van der Waals surface area (Å²) in [6.45, 7) is 0. The molecule has 80 valence electrons. The van der Waals surface area contributed by atoms with Crippen molar-refractivity contribution in [1.29, 1.82) is 0 Å². The van der Waals surface area contributed by atoms with Crippen LogP contribution in [0.3, 0.4) is 0 Å². The van der Waals surface area contributed by atoms with Crippen LogP contribution in [0.25, 0.3) is 11.4 Å². The van der Waals surface area contributed by atoms with Crippen molar-refractivity contribution < 1.29 is 61.0 Å². The normalized spacial score (nSPS) is 17.3. The molecule has 0 radical (unpaired) electrons. The molecule has 2 rings (SSSR count). The Bertz CT molecular complexity index is 483. The van der Waals surface area contributed by atoms with E-state index in [1.165, 1.54) is 0 Å². The summed E-state index contributed by atoms with van der Waals surface area (Å²) in [6, 6.07) is 9.70. The van der Waals surface area contributed by atoms with Gasteiger partial charge in [-0.2, -0.15) is 0 Å². The number of thioether (sulfide) groups is 1. The standard InChI is InChI=1S/C12H9NO2S.K/c14-11-10(16-12(15)13-11)8-4-7-9-5-2-1-3-6-9;/h1-8H,(H,13,14,15);/q;+1/p-1/b7-4+,10-8+;. The molecule has 3 nitrogen and oxygen atoms in total. The Balaban J connectivity index is 0.00000144. The van der Waals surface area contributed by atoms with Gasteiger partial charge < -0.3 is 14.9 Å². The summed E-state index contributed by atoms with van der Waals surface area (Å²) in [7, 11) is 0. The fourth-order valence-corrected chi connectivity index (χ4v) is 1.81. The van der Waals surface area contributed by atoms with Gasteiger partial charge in [-0.25, -0.2) is 0 Å². The maximum Gasteiger partial charge on any atom is 1.00 e. The molecule has 1 saturated heterocycles. The predicted octanol–water partition coefficient (Wildman–Crippen LogP) is 0.355. The van der Waals surface area contributed by atoms with Crippen LogP contribution in [0.2, 0.25) is 0 Å². The third-order valence-corrected chi connectivity index (χ3v) is 2.73. The number of hydrogen-bond acceptors (Lipinski definition) is 3. The zero-order valence-electron chi connectivity index (χ0n) is 9.29. The third kappa shape index (κ3) is 4.54. The van der Waals surface area contributed by atoms with Gasteiger partial charge in [0.25, 0.3) is 0 Å². The van der Waals surface area contributed by atoms with Crippen molar-refractivity contribution in [2.45, 2.75) is 0 Å². The monoisotopic (exact) mass is 269 g/mol. The van der Waals surface area contributed by atoms with Crippen molar-refractivity contribution in [3.8, 4) is 0 Å². The number of amides is 2. The Kier molecular flexibility index (Phi) is 6.39. The molecule has 1 aromatic rings. The molecule has 0 aliphatic carbocycles. The quantitative estimate of drug-likeness (QED) is 0.575. The van der Waals surface area contributed by atoms with Gasteiger partial charge in [-0.05, 0) is 11.6 Å². The van der Waals surface area contributed by atoms with E-state index < -0.39 is 11.1 Å². The summed E-state index contributed by atoms with van der Waals surface area (Å²) in [6.07, 6.45) is 5.21. The van der Waals surface area contributed by atoms with E-state index in [0.717, 1.165) is 17.3 Å². The van der Waals surface area contributed by atoms with E-state index in [9.17, 15) is 9.59 Å². The molecule has 1 heterocycles. The smallest absolute Gasteiger partial charge is 0.581 e. The van der Waals surface area contributed by atoms with E-state index in [0.29, 0.717) is 4.91 Å². The first-order chi connectivity index (χ1) is 7.75. The van der Waals surface area contributed by atoms with Crippen molar-refractivity contribution in [1.82, 2.24) is 0 Å². The number of imide groups is 1. The Labute approximate surface area is 146 Å². The molecular formula is C12H8KNO2S. The molecule has 0 unspecified atom stereocenters. The van der Waals surface area contributed by atoms with Crippen LogP contribution in [0.15, 0.2) is 47.4 Å². The van der Waals surface area contributed by atoms with Gasteiger partial charge in [-0.15, -0.1) is 0 Å². The van der Waals surface area contributed by atoms with E-state index in [4.69, 9.17) is 0 Å². The number of carbonyl (C=O) groups excluding carboxylic acids is 2. The van der Waals surface area contributed by atoms with E-state index >= 15 is 0 Å². The van der Waals surface area contributed by atoms with Crippen LogP contribution in [0.1, 0.15) is 5.56 Å². The summed E-state index contributed by atoms with van der Waals surface area (Å²) >= 11 is 0.864. The van der Waals surface area contributed by atoms with Crippen molar-refractivity contribution in [2.75, 3.05) is 0 Å². The van der Waals surface area contributed by atoms with E-state index in [2.05, 4.69) is 5.32 Å². The number of allylic oxidation sites excluding steroid dienone is 2. The molecule has 5 heteroatoms. The molecule has 2 amide bonds. The zero-order valence-corrected chi connectivity index (χ0v) is 13.2. The van der Waals surface area contributed by atoms with Gasteiger partial charge in [0.2, 0.25) is 0 Å². The van der Waals surface area contributed by atoms with Gasteiger partial charge in [0.15, 0.2) is 0 Å². The van der Waals surface area contributed by atoms with Crippen LogP contribution in [-0.2, 0) is 4.79 Å². The Morgan fingerprint density at radius 2 is 1.82 bits per heavy atom. The van der Waals surface area contributed by atoms with Gasteiger partial charge in [0.05, 0.1) is 5.91 Å². The number of nitrogens with zero attached hydrogens (tertiary/aromatic N) is 1. The molecule has 0 N–H and O–H groups in total. The van der Waals surface area contributed by atoms with Crippen molar-refractivity contribution in [2.24, 2.45) is 0 Å². The number of rotatable bonds is 2. The number of carbonyl (C=O) groups is 2. The van der Waals surface area contributed by atoms with Crippen LogP contribution >= 0.6 is 11.8 Å². The third-order valence-electron chi connectivity index (χ3n) is 1.94. The van der Waals surface area contributed by atoms with Crippen LogP contribution in [0, 0.1) is 0 Å². The maximum atomic E-state index is 11.1. The van der Waals surface area contributed by atoms with Crippen LogP contribution in [0.5, 0.6) is 0 Å². The van der Waals surface area contributed by atoms with Crippen LogP contribution in [0.4, 0.5) is 4.79 Å². The Hall–Kier alpha value is -0.174. The second-order valence-corrected chi connectivity index (χ2v) is 4.08. The minimum absolute atomic E-state index is 0. The molecule has 0 spiro atoms. The van der Waals surface area contributed by atoms with E-state index in [1.807, 2.05) is 36.4 Å². The Morgan fingerprint density at radius 1 is 1.12 bits per heavy atom. The summed E-state index contributed by atoms with van der Waals surface area (Å²) in [5, 5.41) is 2.84. The first-order valence-electron chi connectivity index (χ1n) is 4.67. The van der Waals surface area contributed by atoms with Gasteiger partial charge in [-0.3, -0.25) is 0 Å². The second kappa shape index (κ2) is 7.30. The molecule has 1 aliphatic heterocycles. The summed E-state index contributed by atoms with van der Waals surface area (Å²) in [5.41, 5.74) is 1.04. The Morgan fingerprint density at radius 3 is 2.41 bits per heavy atom. The second-order valence-electron chi connectivity index (χ2n) is 3.09. The summed E-state index contributed by atoms with van der Waals surface area (Å²) in [5.74, 6) is -0.451. The molecule has 0 saturated carbocycles. The van der Waals surface area contributed by atoms with Gasteiger partial charge in [0.1, 0.15) is 5.24 Å². The van der Waals surface area contributed by atoms with Crippen molar-refractivity contribution in [3.05, 3.63) is 58.3 Å². The molecular weight excluding hydrogens is 261 g/mol. The average molecular weight is 269 g/mol. The number of hydrogen-bond donors (Lipinski definition) is 0. The SMILES string of the molecule is O=C1[N-]C(=O)/C(=C\C=C\c2ccccc2)S1.[K+]. The molecule has 1 aromatic carbocycles. The molecule has 1 aliphatic rings. The van der Waals surface area contributed by atoms with Crippen LogP contribution in [-0.4, -0.2) is 11.1 Å². The molecule has 0 aromatic heterocycles. The van der Waals surface area contributed by atoms with E-state index in [-0.39, 0.29) is 51.4 Å². The van der Waals surface area contributed by atoms with Gasteiger partial charge in [0, 0.05) is 4.91 Å². The minimum atomic E-state index is -0.451. The van der Waals surface area contributed by atoms with Gasteiger partial charge in [-0.1, -0.05) is 54.2 Å². The molecule has 0 atom stereocenters. The molecule has 0 bridgehead atoms. The fraction of sp³-hybridized carbons (Fsp3) is 0. The zero-order chi connectivity index (χ0) is 11.4.